The zero-order valence-electron chi connectivity index (χ0n) is 12.7. The summed E-state index contributed by atoms with van der Waals surface area (Å²) in [6.45, 7) is 8.39. The average Bonchev–Trinajstić information content (AvgIpc) is 2.38. The van der Waals surface area contributed by atoms with Gasteiger partial charge in [0, 0.05) is 12.1 Å². The number of benzene rings is 1. The van der Waals surface area contributed by atoms with E-state index in [1.165, 1.54) is 0 Å². The maximum atomic E-state index is 13.5. The molecular weight excluding hydrogens is 286 g/mol. The molecule has 0 aliphatic rings. The van der Waals surface area contributed by atoms with Crippen molar-refractivity contribution in [2.75, 3.05) is 13.2 Å². The van der Waals surface area contributed by atoms with Gasteiger partial charge >= 0.3 is 0 Å². The van der Waals surface area contributed by atoms with E-state index in [-0.39, 0.29) is 24.1 Å². The summed E-state index contributed by atoms with van der Waals surface area (Å²) in [6.07, 6.45) is 0.879. The molecule has 2 nitrogen and oxygen atoms in total. The van der Waals surface area contributed by atoms with Crippen molar-refractivity contribution in [3.8, 4) is 5.75 Å². The third kappa shape index (κ3) is 4.59. The second-order valence-electron chi connectivity index (χ2n) is 5.98. The summed E-state index contributed by atoms with van der Waals surface area (Å²) in [5.41, 5.74) is -0.242. The first-order valence-electron chi connectivity index (χ1n) is 6.87. The van der Waals surface area contributed by atoms with Crippen LogP contribution in [0.3, 0.4) is 0 Å². The van der Waals surface area contributed by atoms with Crippen molar-refractivity contribution in [1.29, 1.82) is 0 Å². The maximum Gasteiger partial charge on any atom is 0.203 e. The molecule has 0 aliphatic heterocycles. The third-order valence-electron chi connectivity index (χ3n) is 3.15. The van der Waals surface area contributed by atoms with Crippen LogP contribution in [0.5, 0.6) is 5.75 Å². The first kappa shape index (κ1) is 17.8. The highest BCUT2D eigenvalue weighted by Crippen LogP contribution is 2.28. The smallest absolute Gasteiger partial charge is 0.203 e. The maximum absolute atomic E-state index is 13.5. The molecule has 1 aromatic rings. The second kappa shape index (κ2) is 7.11. The summed E-state index contributed by atoms with van der Waals surface area (Å²) in [5.74, 6) is -7.00. The Hall–Kier alpha value is -1.30. The Bertz CT molecular complexity index is 459. The molecule has 1 aromatic carbocycles. The van der Waals surface area contributed by atoms with Gasteiger partial charge in [-0.05, 0) is 18.4 Å². The predicted molar refractivity (Wildman–Crippen MR) is 73.3 cm³/mol. The fraction of sp³-hybridized carbons (Fsp3) is 0.600. The van der Waals surface area contributed by atoms with Crippen molar-refractivity contribution in [3.05, 3.63) is 29.3 Å². The number of nitrogens with one attached hydrogen (secondary N) is 1. The zero-order chi connectivity index (χ0) is 16.2. The van der Waals surface area contributed by atoms with Gasteiger partial charge in [0.15, 0.2) is 17.4 Å². The predicted octanol–water partition coefficient (Wildman–Crippen LogP) is 4.04. The molecule has 0 saturated carbocycles. The van der Waals surface area contributed by atoms with Crippen LogP contribution < -0.4 is 10.1 Å². The Kier molecular flexibility index (Phi) is 6.01. The number of halogens is 4. The molecule has 1 N–H and O–H groups in total. The van der Waals surface area contributed by atoms with E-state index in [0.29, 0.717) is 6.54 Å². The van der Waals surface area contributed by atoms with E-state index >= 15 is 0 Å². The van der Waals surface area contributed by atoms with E-state index in [2.05, 4.69) is 5.32 Å². The van der Waals surface area contributed by atoms with Gasteiger partial charge in [-0.3, -0.25) is 0 Å². The standard InChI is InChI=1S/C15H21F4NO/c1-5-6-20-11(15(2,3)4)8-21-14-12(18)9(16)7-10(17)13(14)19/h7,11,20H,5-6,8H2,1-4H3. The summed E-state index contributed by atoms with van der Waals surface area (Å²) >= 11 is 0. The number of hydrogen-bond acceptors (Lipinski definition) is 2. The fourth-order valence-electron chi connectivity index (χ4n) is 1.78. The van der Waals surface area contributed by atoms with Crippen LogP contribution in [0.15, 0.2) is 6.07 Å². The Balaban J connectivity index is 2.90. The zero-order valence-corrected chi connectivity index (χ0v) is 12.7. The van der Waals surface area contributed by atoms with Gasteiger partial charge in [-0.2, -0.15) is 8.78 Å². The molecule has 0 saturated heterocycles. The van der Waals surface area contributed by atoms with E-state index < -0.39 is 29.0 Å². The van der Waals surface area contributed by atoms with Gasteiger partial charge in [-0.25, -0.2) is 8.78 Å². The second-order valence-corrected chi connectivity index (χ2v) is 5.98. The van der Waals surface area contributed by atoms with Crippen molar-refractivity contribution in [2.45, 2.75) is 40.2 Å². The molecule has 0 amide bonds. The van der Waals surface area contributed by atoms with Crippen LogP contribution in [-0.4, -0.2) is 19.2 Å². The molecule has 21 heavy (non-hydrogen) atoms. The topological polar surface area (TPSA) is 21.3 Å². The van der Waals surface area contributed by atoms with Crippen molar-refractivity contribution in [1.82, 2.24) is 5.32 Å². The lowest BCUT2D eigenvalue weighted by molar-refractivity contribution is 0.163. The Morgan fingerprint density at radius 1 is 1.10 bits per heavy atom. The highest BCUT2D eigenvalue weighted by atomic mass is 19.2. The fourth-order valence-corrected chi connectivity index (χ4v) is 1.78. The van der Waals surface area contributed by atoms with Crippen LogP contribution in [0.2, 0.25) is 0 Å². The van der Waals surface area contributed by atoms with Gasteiger partial charge in [0.05, 0.1) is 0 Å². The van der Waals surface area contributed by atoms with Crippen molar-refractivity contribution in [3.63, 3.8) is 0 Å². The van der Waals surface area contributed by atoms with Crippen LogP contribution in [0.1, 0.15) is 34.1 Å². The summed E-state index contributed by atoms with van der Waals surface area (Å²) in [4.78, 5) is 0. The summed E-state index contributed by atoms with van der Waals surface area (Å²) in [7, 11) is 0. The van der Waals surface area contributed by atoms with Crippen LogP contribution in [0.4, 0.5) is 17.6 Å². The van der Waals surface area contributed by atoms with Crippen molar-refractivity contribution in [2.24, 2.45) is 5.41 Å². The summed E-state index contributed by atoms with van der Waals surface area (Å²) in [6, 6.07) is -0.0590. The molecule has 120 valence electrons. The molecule has 0 heterocycles. The van der Waals surface area contributed by atoms with E-state index in [4.69, 9.17) is 4.74 Å². The van der Waals surface area contributed by atoms with Crippen LogP contribution in [0.25, 0.3) is 0 Å². The Morgan fingerprint density at radius 3 is 2.05 bits per heavy atom. The van der Waals surface area contributed by atoms with E-state index in [0.717, 1.165) is 6.42 Å². The van der Waals surface area contributed by atoms with E-state index in [1.54, 1.807) is 0 Å². The molecule has 1 rings (SSSR count). The molecule has 0 radical (unpaired) electrons. The minimum absolute atomic E-state index is 0.0970. The lowest BCUT2D eigenvalue weighted by Crippen LogP contribution is -2.45. The molecule has 0 fully saturated rings. The first-order chi connectivity index (χ1) is 9.68. The average molecular weight is 307 g/mol. The van der Waals surface area contributed by atoms with Gasteiger partial charge in [-0.15, -0.1) is 0 Å². The van der Waals surface area contributed by atoms with Crippen LogP contribution >= 0.6 is 0 Å². The van der Waals surface area contributed by atoms with Gasteiger partial charge in [0.2, 0.25) is 11.6 Å². The largest absolute Gasteiger partial charge is 0.486 e. The highest BCUT2D eigenvalue weighted by molar-refractivity contribution is 5.28. The van der Waals surface area contributed by atoms with E-state index in [1.807, 2.05) is 27.7 Å². The number of hydrogen-bond donors (Lipinski definition) is 1. The first-order valence-corrected chi connectivity index (χ1v) is 6.87. The summed E-state index contributed by atoms with van der Waals surface area (Å²) < 4.78 is 58.3. The summed E-state index contributed by atoms with van der Waals surface area (Å²) in [5, 5.41) is 3.19. The minimum Gasteiger partial charge on any atom is -0.486 e. The Labute approximate surface area is 122 Å². The van der Waals surface area contributed by atoms with Gasteiger partial charge in [-0.1, -0.05) is 27.7 Å². The lowest BCUT2D eigenvalue weighted by atomic mass is 9.87. The van der Waals surface area contributed by atoms with Crippen molar-refractivity contribution >= 4 is 0 Å². The van der Waals surface area contributed by atoms with Crippen LogP contribution in [0, 0.1) is 28.7 Å². The quantitative estimate of drug-likeness (QED) is 0.633. The normalized spacial score (nSPS) is 13.3. The third-order valence-corrected chi connectivity index (χ3v) is 3.15. The Morgan fingerprint density at radius 2 is 1.62 bits per heavy atom. The van der Waals surface area contributed by atoms with Gasteiger partial charge in [0.25, 0.3) is 0 Å². The molecular formula is C15H21F4NO. The molecule has 0 aliphatic carbocycles. The molecule has 6 heteroatoms. The van der Waals surface area contributed by atoms with Gasteiger partial charge < -0.3 is 10.1 Å². The molecule has 0 bridgehead atoms. The molecule has 1 unspecified atom stereocenters. The lowest BCUT2D eigenvalue weighted by Gasteiger charge is -2.31. The van der Waals surface area contributed by atoms with Crippen LogP contribution in [-0.2, 0) is 0 Å². The van der Waals surface area contributed by atoms with E-state index in [9.17, 15) is 17.6 Å². The highest BCUT2D eigenvalue weighted by Gasteiger charge is 2.27. The van der Waals surface area contributed by atoms with Crippen molar-refractivity contribution < 1.29 is 22.3 Å². The molecule has 0 aromatic heterocycles. The monoisotopic (exact) mass is 307 g/mol. The minimum atomic E-state index is -1.52. The molecule has 1 atom stereocenters. The number of ether oxygens (including phenoxy) is 1. The molecule has 0 spiro atoms. The SMILES string of the molecule is CCCNC(COc1c(F)c(F)cc(F)c1F)C(C)(C)C. The number of rotatable bonds is 6. The van der Waals surface area contributed by atoms with Gasteiger partial charge in [0.1, 0.15) is 6.61 Å².